The Balaban J connectivity index is 1.63. The van der Waals surface area contributed by atoms with Gasteiger partial charge in [-0.05, 0) is 43.1 Å². The van der Waals surface area contributed by atoms with Gasteiger partial charge >= 0.3 is 6.18 Å². The molecule has 1 fully saturated rings. The highest BCUT2D eigenvalue weighted by Gasteiger charge is 2.35. The largest absolute Gasteiger partial charge is 0.433 e. The molecular weight excluding hydrogens is 339 g/mol. The summed E-state index contributed by atoms with van der Waals surface area (Å²) >= 11 is 0. The number of hydrogen-bond donors (Lipinski definition) is 0. The molecule has 6 heteroatoms. The Kier molecular flexibility index (Phi) is 5.49. The Morgan fingerprint density at radius 2 is 1.92 bits per heavy atom. The number of halogens is 3. The third-order valence-electron chi connectivity index (χ3n) is 5.14. The molecule has 1 aromatic heterocycles. The van der Waals surface area contributed by atoms with Gasteiger partial charge in [0.2, 0.25) is 0 Å². The van der Waals surface area contributed by atoms with Crippen LogP contribution in [-0.4, -0.2) is 23.1 Å². The number of aromatic nitrogens is 2. The molecule has 0 aliphatic carbocycles. The maximum atomic E-state index is 12.9. The van der Waals surface area contributed by atoms with Crippen molar-refractivity contribution in [1.29, 1.82) is 0 Å². The van der Waals surface area contributed by atoms with E-state index in [1.54, 1.807) is 0 Å². The average Bonchev–Trinajstić information content (AvgIpc) is 2.62. The Morgan fingerprint density at radius 3 is 2.65 bits per heavy atom. The number of nitrogens with zero attached hydrogens (tertiary/aromatic N) is 3. The van der Waals surface area contributed by atoms with E-state index < -0.39 is 11.9 Å². The van der Waals surface area contributed by atoms with Gasteiger partial charge in [-0.15, -0.1) is 0 Å². The molecule has 1 aliphatic heterocycles. The summed E-state index contributed by atoms with van der Waals surface area (Å²) in [7, 11) is 0. The van der Waals surface area contributed by atoms with Crippen LogP contribution in [-0.2, 0) is 12.6 Å². The number of piperidine rings is 1. The molecule has 0 N–H and O–H groups in total. The summed E-state index contributed by atoms with van der Waals surface area (Å²) in [4.78, 5) is 9.42. The quantitative estimate of drug-likeness (QED) is 0.738. The molecule has 1 aromatic carbocycles. The highest BCUT2D eigenvalue weighted by molar-refractivity contribution is 5.40. The van der Waals surface area contributed by atoms with Gasteiger partial charge in [0.25, 0.3) is 0 Å². The molecule has 2 aromatic rings. The van der Waals surface area contributed by atoms with Crippen molar-refractivity contribution in [2.24, 2.45) is 5.41 Å². The highest BCUT2D eigenvalue weighted by Crippen LogP contribution is 2.37. The topological polar surface area (TPSA) is 29.0 Å². The van der Waals surface area contributed by atoms with Gasteiger partial charge in [0.15, 0.2) is 0 Å². The van der Waals surface area contributed by atoms with E-state index in [0.29, 0.717) is 5.82 Å². The van der Waals surface area contributed by atoms with Crippen LogP contribution < -0.4 is 4.90 Å². The van der Waals surface area contributed by atoms with E-state index in [-0.39, 0.29) is 5.41 Å². The molecule has 3 rings (SSSR count). The summed E-state index contributed by atoms with van der Waals surface area (Å²) in [5, 5.41) is 0. The Hall–Kier alpha value is -2.11. The summed E-state index contributed by atoms with van der Waals surface area (Å²) in [5.41, 5.74) is 0.546. The number of rotatable bonds is 5. The van der Waals surface area contributed by atoms with Crippen LogP contribution >= 0.6 is 0 Å². The minimum absolute atomic E-state index is 0.0936. The molecule has 1 aliphatic rings. The van der Waals surface area contributed by atoms with Crippen LogP contribution in [0, 0.1) is 5.41 Å². The first-order chi connectivity index (χ1) is 12.4. The van der Waals surface area contributed by atoms with E-state index >= 15 is 0 Å². The maximum Gasteiger partial charge on any atom is 0.433 e. The summed E-state index contributed by atoms with van der Waals surface area (Å²) in [6, 6.07) is 11.4. The van der Waals surface area contributed by atoms with E-state index in [1.165, 1.54) is 5.56 Å². The van der Waals surface area contributed by atoms with Crippen molar-refractivity contribution in [3.05, 3.63) is 54.0 Å². The molecule has 1 atom stereocenters. The van der Waals surface area contributed by atoms with E-state index in [0.717, 1.165) is 57.6 Å². The predicted octanol–water partition coefficient (Wildman–Crippen LogP) is 5.12. The number of alkyl halides is 3. The molecule has 0 radical (unpaired) electrons. The average molecular weight is 363 g/mol. The number of benzene rings is 1. The SMILES string of the molecule is CC1(CCCc2ccccc2)CCCN(c2cc(C(F)(F)F)ncn2)C1. The van der Waals surface area contributed by atoms with Crippen molar-refractivity contribution in [1.82, 2.24) is 9.97 Å². The number of anilines is 1. The first kappa shape index (κ1) is 18.7. The van der Waals surface area contributed by atoms with Crippen molar-refractivity contribution in [3.8, 4) is 0 Å². The summed E-state index contributed by atoms with van der Waals surface area (Å²) in [6.45, 7) is 3.70. The van der Waals surface area contributed by atoms with Crippen LogP contribution in [0.1, 0.15) is 43.9 Å². The van der Waals surface area contributed by atoms with Gasteiger partial charge in [-0.2, -0.15) is 13.2 Å². The number of aryl methyl sites for hydroxylation is 1. The first-order valence-corrected chi connectivity index (χ1v) is 9.04. The molecule has 0 spiro atoms. The van der Waals surface area contributed by atoms with Crippen LogP contribution in [0.5, 0.6) is 0 Å². The second kappa shape index (κ2) is 7.64. The molecule has 140 valence electrons. The standard InChI is InChI=1S/C20H24F3N3/c1-19(10-5-9-16-7-3-2-4-8-16)11-6-12-26(14-19)18-13-17(20(21,22)23)24-15-25-18/h2-4,7-8,13,15H,5-6,9-12,14H2,1H3. The van der Waals surface area contributed by atoms with E-state index in [4.69, 9.17) is 0 Å². The summed E-state index contributed by atoms with van der Waals surface area (Å²) < 4.78 is 38.7. The molecule has 2 heterocycles. The van der Waals surface area contributed by atoms with Crippen LogP contribution in [0.15, 0.2) is 42.7 Å². The van der Waals surface area contributed by atoms with Crippen molar-refractivity contribution >= 4 is 5.82 Å². The second-order valence-corrected chi connectivity index (χ2v) is 7.43. The van der Waals surface area contributed by atoms with Crippen LogP contribution in [0.4, 0.5) is 19.0 Å². The predicted molar refractivity (Wildman–Crippen MR) is 96.0 cm³/mol. The van der Waals surface area contributed by atoms with Crippen molar-refractivity contribution < 1.29 is 13.2 Å². The fraction of sp³-hybridized carbons (Fsp3) is 0.500. The maximum absolute atomic E-state index is 12.9. The molecule has 1 unspecified atom stereocenters. The van der Waals surface area contributed by atoms with Gasteiger partial charge < -0.3 is 4.90 Å². The number of hydrogen-bond acceptors (Lipinski definition) is 3. The zero-order valence-corrected chi connectivity index (χ0v) is 15.0. The molecule has 1 saturated heterocycles. The van der Waals surface area contributed by atoms with Crippen molar-refractivity contribution in [2.75, 3.05) is 18.0 Å². The molecule has 26 heavy (non-hydrogen) atoms. The zero-order valence-electron chi connectivity index (χ0n) is 15.0. The van der Waals surface area contributed by atoms with E-state index in [1.807, 2.05) is 23.1 Å². The monoisotopic (exact) mass is 363 g/mol. The second-order valence-electron chi connectivity index (χ2n) is 7.43. The van der Waals surface area contributed by atoms with Crippen LogP contribution in [0.25, 0.3) is 0 Å². The van der Waals surface area contributed by atoms with Crippen LogP contribution in [0.3, 0.4) is 0 Å². The van der Waals surface area contributed by atoms with Gasteiger partial charge in [-0.25, -0.2) is 9.97 Å². The third-order valence-corrected chi connectivity index (χ3v) is 5.14. The van der Waals surface area contributed by atoms with E-state index in [2.05, 4.69) is 29.0 Å². The Bertz CT molecular complexity index is 718. The lowest BCUT2D eigenvalue weighted by atomic mass is 9.77. The summed E-state index contributed by atoms with van der Waals surface area (Å²) in [6.07, 6.45) is 1.79. The molecule has 0 saturated carbocycles. The molecule has 0 bridgehead atoms. The highest BCUT2D eigenvalue weighted by atomic mass is 19.4. The lowest BCUT2D eigenvalue weighted by Gasteiger charge is -2.41. The van der Waals surface area contributed by atoms with Gasteiger partial charge in [-0.1, -0.05) is 37.3 Å². The first-order valence-electron chi connectivity index (χ1n) is 9.04. The molecule has 0 amide bonds. The third kappa shape index (κ3) is 4.74. The smallest absolute Gasteiger partial charge is 0.356 e. The normalized spacial score (nSPS) is 21.0. The fourth-order valence-corrected chi connectivity index (χ4v) is 3.75. The summed E-state index contributed by atoms with van der Waals surface area (Å²) in [5.74, 6) is 0.376. The molecule has 3 nitrogen and oxygen atoms in total. The Morgan fingerprint density at radius 1 is 1.15 bits per heavy atom. The zero-order chi connectivity index (χ0) is 18.6. The van der Waals surface area contributed by atoms with Gasteiger partial charge in [-0.3, -0.25) is 0 Å². The van der Waals surface area contributed by atoms with Gasteiger partial charge in [0.05, 0.1) is 0 Å². The molecular formula is C20H24F3N3. The van der Waals surface area contributed by atoms with Crippen molar-refractivity contribution in [3.63, 3.8) is 0 Å². The lowest BCUT2D eigenvalue weighted by Crippen LogP contribution is -2.42. The minimum Gasteiger partial charge on any atom is -0.356 e. The van der Waals surface area contributed by atoms with Gasteiger partial charge in [0, 0.05) is 19.2 Å². The van der Waals surface area contributed by atoms with E-state index in [9.17, 15) is 13.2 Å². The van der Waals surface area contributed by atoms with Crippen LogP contribution in [0.2, 0.25) is 0 Å². The Labute approximate surface area is 152 Å². The van der Waals surface area contributed by atoms with Crippen molar-refractivity contribution in [2.45, 2.75) is 45.2 Å². The lowest BCUT2D eigenvalue weighted by molar-refractivity contribution is -0.141. The minimum atomic E-state index is -4.44. The van der Waals surface area contributed by atoms with Gasteiger partial charge in [0.1, 0.15) is 17.8 Å². The fourth-order valence-electron chi connectivity index (χ4n) is 3.75.